The predicted octanol–water partition coefficient (Wildman–Crippen LogP) is 3.57. The first-order valence-corrected chi connectivity index (χ1v) is 10.2. The van der Waals surface area contributed by atoms with E-state index < -0.39 is 10.0 Å². The van der Waals surface area contributed by atoms with Gasteiger partial charge in [-0.2, -0.15) is 4.31 Å². The number of hydrogen-bond donors (Lipinski definition) is 0. The molecule has 1 fully saturated rings. The van der Waals surface area contributed by atoms with Crippen molar-refractivity contribution in [1.29, 1.82) is 0 Å². The van der Waals surface area contributed by atoms with Gasteiger partial charge in [-0.15, -0.1) is 0 Å². The summed E-state index contributed by atoms with van der Waals surface area (Å²) in [5.41, 5.74) is 5.21. The first-order chi connectivity index (χ1) is 12.2. The largest absolute Gasteiger partial charge is 0.368 e. The van der Waals surface area contributed by atoms with Crippen molar-refractivity contribution in [2.45, 2.75) is 32.6 Å². The highest BCUT2D eigenvalue weighted by Crippen LogP contribution is 2.28. The Morgan fingerprint density at radius 2 is 1.42 bits per heavy atom. The van der Waals surface area contributed by atoms with Crippen molar-refractivity contribution >= 4 is 15.7 Å². The fraction of sp³-hybridized carbons (Fsp3) is 0.400. The fourth-order valence-electron chi connectivity index (χ4n) is 3.75. The summed E-state index contributed by atoms with van der Waals surface area (Å²) in [6, 6.07) is 8.29. The highest BCUT2D eigenvalue weighted by atomic mass is 32.2. The molecule has 0 bridgehead atoms. The summed E-state index contributed by atoms with van der Waals surface area (Å²) in [6.45, 7) is 9.99. The van der Waals surface area contributed by atoms with Gasteiger partial charge in [0.25, 0.3) is 0 Å². The third-order valence-corrected chi connectivity index (χ3v) is 6.85. The molecule has 0 spiro atoms. The minimum Gasteiger partial charge on any atom is -0.368 e. The van der Waals surface area contributed by atoms with E-state index >= 15 is 0 Å². The maximum absolute atomic E-state index is 13.5. The van der Waals surface area contributed by atoms with Crippen LogP contribution in [-0.4, -0.2) is 38.9 Å². The summed E-state index contributed by atoms with van der Waals surface area (Å²) in [4.78, 5) is 2.42. The lowest BCUT2D eigenvalue weighted by atomic mass is 10.0. The van der Waals surface area contributed by atoms with Gasteiger partial charge in [0.2, 0.25) is 10.0 Å². The van der Waals surface area contributed by atoms with Gasteiger partial charge in [-0.1, -0.05) is 17.7 Å². The fourth-order valence-corrected chi connectivity index (χ4v) is 5.26. The van der Waals surface area contributed by atoms with Gasteiger partial charge in [-0.05, 0) is 62.6 Å². The topological polar surface area (TPSA) is 40.6 Å². The van der Waals surface area contributed by atoms with E-state index in [-0.39, 0.29) is 10.7 Å². The summed E-state index contributed by atoms with van der Waals surface area (Å²) in [7, 11) is -3.59. The molecule has 1 heterocycles. The molecule has 140 valence electrons. The van der Waals surface area contributed by atoms with E-state index in [2.05, 4.69) is 37.8 Å². The second-order valence-corrected chi connectivity index (χ2v) is 8.99. The first-order valence-electron chi connectivity index (χ1n) is 8.79. The molecule has 6 heteroatoms. The zero-order valence-electron chi connectivity index (χ0n) is 15.7. The maximum Gasteiger partial charge on any atom is 0.243 e. The van der Waals surface area contributed by atoms with Crippen LogP contribution in [0.25, 0.3) is 0 Å². The van der Waals surface area contributed by atoms with Crippen molar-refractivity contribution in [3.05, 3.63) is 58.4 Å². The highest BCUT2D eigenvalue weighted by molar-refractivity contribution is 7.89. The molecule has 1 aliphatic rings. The maximum atomic E-state index is 13.5. The number of piperazine rings is 1. The van der Waals surface area contributed by atoms with Crippen molar-refractivity contribution < 1.29 is 12.8 Å². The molecule has 4 nitrogen and oxygen atoms in total. The van der Waals surface area contributed by atoms with Crippen molar-refractivity contribution in [2.75, 3.05) is 31.1 Å². The molecule has 0 N–H and O–H groups in total. The molecule has 0 unspecified atom stereocenters. The monoisotopic (exact) mass is 376 g/mol. The van der Waals surface area contributed by atoms with Gasteiger partial charge in [0.05, 0.1) is 4.90 Å². The van der Waals surface area contributed by atoms with Gasteiger partial charge in [0, 0.05) is 31.9 Å². The Bertz CT molecular complexity index is 910. The Labute approximate surface area is 155 Å². The van der Waals surface area contributed by atoms with E-state index in [1.165, 1.54) is 44.9 Å². The third-order valence-electron chi connectivity index (χ3n) is 4.96. The molecule has 2 aromatic rings. The highest BCUT2D eigenvalue weighted by Gasteiger charge is 2.29. The van der Waals surface area contributed by atoms with E-state index in [1.54, 1.807) is 6.92 Å². The predicted molar refractivity (Wildman–Crippen MR) is 103 cm³/mol. The Hall–Kier alpha value is -1.92. The summed E-state index contributed by atoms with van der Waals surface area (Å²) >= 11 is 0. The van der Waals surface area contributed by atoms with Crippen molar-refractivity contribution in [3.8, 4) is 0 Å². The summed E-state index contributed by atoms with van der Waals surface area (Å²) in [6.07, 6.45) is 0. The summed E-state index contributed by atoms with van der Waals surface area (Å²) < 4.78 is 40.7. The van der Waals surface area contributed by atoms with Gasteiger partial charge in [-0.3, -0.25) is 0 Å². The molecular formula is C20H25FN2O2S. The number of rotatable bonds is 3. The average Bonchev–Trinajstić information content (AvgIpc) is 2.57. The molecule has 0 atom stereocenters. The molecule has 0 aliphatic carbocycles. The minimum absolute atomic E-state index is 0.160. The zero-order valence-corrected chi connectivity index (χ0v) is 16.5. The number of halogens is 1. The molecule has 1 saturated heterocycles. The third kappa shape index (κ3) is 3.48. The quantitative estimate of drug-likeness (QED) is 0.822. The number of nitrogens with zero attached hydrogens (tertiary/aromatic N) is 2. The Kier molecular flexibility index (Phi) is 5.08. The Morgan fingerprint density at radius 1 is 0.846 bits per heavy atom. The van der Waals surface area contributed by atoms with Crippen molar-refractivity contribution in [3.63, 3.8) is 0 Å². The lowest BCUT2D eigenvalue weighted by Crippen LogP contribution is -2.49. The number of anilines is 1. The van der Waals surface area contributed by atoms with Crippen LogP contribution in [0.1, 0.15) is 22.3 Å². The summed E-state index contributed by atoms with van der Waals surface area (Å²) in [5.74, 6) is -0.390. The van der Waals surface area contributed by atoms with Crippen LogP contribution in [0.2, 0.25) is 0 Å². The summed E-state index contributed by atoms with van der Waals surface area (Å²) in [5, 5.41) is 0. The van der Waals surface area contributed by atoms with E-state index in [4.69, 9.17) is 0 Å². The smallest absolute Gasteiger partial charge is 0.243 e. The lowest BCUT2D eigenvalue weighted by molar-refractivity contribution is 0.384. The van der Waals surface area contributed by atoms with E-state index in [9.17, 15) is 12.8 Å². The van der Waals surface area contributed by atoms with E-state index in [0.29, 0.717) is 31.7 Å². The molecule has 3 rings (SSSR count). The van der Waals surface area contributed by atoms with Crippen LogP contribution in [0.5, 0.6) is 0 Å². The van der Waals surface area contributed by atoms with Crippen LogP contribution in [0, 0.1) is 33.5 Å². The van der Waals surface area contributed by atoms with Crippen LogP contribution in [0.3, 0.4) is 0 Å². The van der Waals surface area contributed by atoms with Gasteiger partial charge >= 0.3 is 0 Å². The number of aryl methyl sites for hydroxylation is 4. The van der Waals surface area contributed by atoms with Crippen LogP contribution >= 0.6 is 0 Å². The second kappa shape index (κ2) is 7.00. The second-order valence-electron chi connectivity index (χ2n) is 7.05. The number of sulfonamides is 1. The molecule has 26 heavy (non-hydrogen) atoms. The van der Waals surface area contributed by atoms with Crippen LogP contribution in [-0.2, 0) is 10.0 Å². The van der Waals surface area contributed by atoms with Crippen LogP contribution in [0.4, 0.5) is 10.1 Å². The minimum atomic E-state index is -3.59. The zero-order chi connectivity index (χ0) is 19.1. The first kappa shape index (κ1) is 18.9. The van der Waals surface area contributed by atoms with Crippen molar-refractivity contribution in [2.24, 2.45) is 0 Å². The number of hydrogen-bond acceptors (Lipinski definition) is 3. The Balaban J connectivity index is 1.79. The molecule has 0 saturated carbocycles. The van der Waals surface area contributed by atoms with E-state index in [1.807, 2.05) is 0 Å². The molecule has 0 amide bonds. The van der Waals surface area contributed by atoms with Gasteiger partial charge in [0.15, 0.2) is 0 Å². The standard InChI is InChI=1S/C20H25FN2O2S/c1-14-11-16(3)20(17(4)12-14)22-7-9-23(10-8-22)26(24,25)18-5-6-19(21)15(2)13-18/h5-6,11-13H,7-10H2,1-4H3. The molecular weight excluding hydrogens is 351 g/mol. The SMILES string of the molecule is Cc1cc(C)c(N2CCN(S(=O)(=O)c3ccc(F)c(C)c3)CC2)c(C)c1. The van der Waals surface area contributed by atoms with Gasteiger partial charge in [0.1, 0.15) is 5.82 Å². The van der Waals surface area contributed by atoms with Crippen LogP contribution in [0.15, 0.2) is 35.2 Å². The molecule has 0 radical (unpaired) electrons. The van der Waals surface area contributed by atoms with Crippen LogP contribution < -0.4 is 4.90 Å². The Morgan fingerprint density at radius 3 is 1.96 bits per heavy atom. The van der Waals surface area contributed by atoms with E-state index in [0.717, 1.165) is 0 Å². The lowest BCUT2D eigenvalue weighted by Gasteiger charge is -2.37. The van der Waals surface area contributed by atoms with Crippen molar-refractivity contribution in [1.82, 2.24) is 4.31 Å². The van der Waals surface area contributed by atoms with Gasteiger partial charge < -0.3 is 4.90 Å². The number of benzene rings is 2. The molecule has 1 aliphatic heterocycles. The molecule has 2 aromatic carbocycles. The average molecular weight is 376 g/mol. The molecule has 0 aromatic heterocycles. The van der Waals surface area contributed by atoms with Gasteiger partial charge in [-0.25, -0.2) is 12.8 Å². The normalized spacial score (nSPS) is 16.1.